The molecule has 1 atom stereocenters. The van der Waals surface area contributed by atoms with E-state index in [4.69, 9.17) is 9.26 Å². The van der Waals surface area contributed by atoms with Crippen LogP contribution in [0.3, 0.4) is 0 Å². The lowest BCUT2D eigenvalue weighted by molar-refractivity contribution is -0.148. The number of rotatable bonds is 2. The Hall–Kier alpha value is -3.26. The molecule has 1 aliphatic rings. The van der Waals surface area contributed by atoms with Crippen LogP contribution in [0, 0.1) is 13.8 Å². The summed E-state index contributed by atoms with van der Waals surface area (Å²) < 4.78 is 10.6. The van der Waals surface area contributed by atoms with Crippen LogP contribution < -0.4 is 5.32 Å². The first-order valence-corrected chi connectivity index (χ1v) is 9.03. The van der Waals surface area contributed by atoms with Gasteiger partial charge in [0.25, 0.3) is 0 Å². The number of anilines is 1. The summed E-state index contributed by atoms with van der Waals surface area (Å²) >= 11 is 0. The number of aryl methyl sites for hydroxylation is 2. The lowest BCUT2D eigenvalue weighted by atomic mass is 10.1. The first kappa shape index (κ1) is 18.1. The highest BCUT2D eigenvalue weighted by Gasteiger charge is 2.31. The van der Waals surface area contributed by atoms with Crippen LogP contribution in [0.15, 0.2) is 40.9 Å². The smallest absolute Gasteiger partial charge is 0.313 e. The minimum absolute atomic E-state index is 0.194. The SMILES string of the molecule is Cc1cc(NC(=O)C(=O)N2CCOC(c3noc(C)n3)C2)c2ccccc2c1. The van der Waals surface area contributed by atoms with Crippen molar-refractivity contribution in [3.05, 3.63) is 53.7 Å². The molecule has 0 bridgehead atoms. The van der Waals surface area contributed by atoms with Crippen molar-refractivity contribution in [3.8, 4) is 0 Å². The molecular weight excluding hydrogens is 360 g/mol. The summed E-state index contributed by atoms with van der Waals surface area (Å²) in [7, 11) is 0. The van der Waals surface area contributed by atoms with E-state index in [-0.39, 0.29) is 6.54 Å². The van der Waals surface area contributed by atoms with Gasteiger partial charge in [0, 0.05) is 24.5 Å². The fourth-order valence-corrected chi connectivity index (χ4v) is 3.32. The minimum Gasteiger partial charge on any atom is -0.366 e. The maximum atomic E-state index is 12.7. The third kappa shape index (κ3) is 3.59. The number of carbonyl (C=O) groups excluding carboxylic acids is 2. The van der Waals surface area contributed by atoms with E-state index in [1.165, 1.54) is 4.90 Å². The predicted octanol–water partition coefficient (Wildman–Crippen LogP) is 2.38. The Balaban J connectivity index is 1.50. The number of fused-ring (bicyclic) bond motifs is 1. The second kappa shape index (κ2) is 7.40. The topological polar surface area (TPSA) is 97.6 Å². The standard InChI is InChI=1S/C20H20N4O4/c1-12-9-14-5-3-4-6-15(14)16(10-12)22-19(25)20(26)24-7-8-27-17(11-24)18-21-13(2)28-23-18/h3-6,9-10,17H,7-8,11H2,1-2H3,(H,22,25). The monoisotopic (exact) mass is 380 g/mol. The molecule has 144 valence electrons. The van der Waals surface area contributed by atoms with Gasteiger partial charge in [-0.1, -0.05) is 35.5 Å². The molecule has 0 spiro atoms. The molecule has 4 rings (SSSR count). The molecule has 28 heavy (non-hydrogen) atoms. The molecule has 1 aromatic heterocycles. The molecule has 0 saturated carbocycles. The number of benzene rings is 2. The number of hydrogen-bond acceptors (Lipinski definition) is 6. The Bertz CT molecular complexity index is 1050. The van der Waals surface area contributed by atoms with E-state index >= 15 is 0 Å². The van der Waals surface area contributed by atoms with E-state index in [0.29, 0.717) is 30.6 Å². The van der Waals surface area contributed by atoms with Crippen LogP contribution in [-0.2, 0) is 14.3 Å². The van der Waals surface area contributed by atoms with Crippen LogP contribution in [-0.4, -0.2) is 46.6 Å². The van der Waals surface area contributed by atoms with Crippen LogP contribution in [0.25, 0.3) is 10.8 Å². The third-order valence-electron chi connectivity index (χ3n) is 4.63. The number of aromatic nitrogens is 2. The zero-order valence-corrected chi connectivity index (χ0v) is 15.6. The van der Waals surface area contributed by atoms with Crippen molar-refractivity contribution in [1.82, 2.24) is 15.0 Å². The summed E-state index contributed by atoms with van der Waals surface area (Å²) in [4.78, 5) is 30.9. The largest absolute Gasteiger partial charge is 0.366 e. The first-order valence-electron chi connectivity index (χ1n) is 9.03. The van der Waals surface area contributed by atoms with Crippen LogP contribution in [0.1, 0.15) is 23.4 Å². The van der Waals surface area contributed by atoms with Crippen molar-refractivity contribution < 1.29 is 18.8 Å². The maximum Gasteiger partial charge on any atom is 0.313 e. The average molecular weight is 380 g/mol. The molecule has 2 aromatic carbocycles. The van der Waals surface area contributed by atoms with Crippen molar-refractivity contribution in [2.75, 3.05) is 25.0 Å². The van der Waals surface area contributed by atoms with E-state index in [1.54, 1.807) is 6.92 Å². The van der Waals surface area contributed by atoms with Crippen LogP contribution >= 0.6 is 0 Å². The molecule has 8 heteroatoms. The Morgan fingerprint density at radius 2 is 2.04 bits per heavy atom. The minimum atomic E-state index is -0.680. The first-order chi connectivity index (χ1) is 13.5. The summed E-state index contributed by atoms with van der Waals surface area (Å²) in [5.74, 6) is -0.494. The van der Waals surface area contributed by atoms with Gasteiger partial charge in [-0.3, -0.25) is 9.59 Å². The van der Waals surface area contributed by atoms with Crippen molar-refractivity contribution in [2.45, 2.75) is 20.0 Å². The fraction of sp³-hybridized carbons (Fsp3) is 0.300. The molecule has 2 heterocycles. The molecule has 0 aliphatic carbocycles. The van der Waals surface area contributed by atoms with Gasteiger partial charge >= 0.3 is 11.8 Å². The highest BCUT2D eigenvalue weighted by Crippen LogP contribution is 2.26. The molecule has 1 fully saturated rings. The van der Waals surface area contributed by atoms with Crippen LogP contribution in [0.4, 0.5) is 5.69 Å². The zero-order chi connectivity index (χ0) is 19.7. The van der Waals surface area contributed by atoms with E-state index in [0.717, 1.165) is 16.3 Å². The van der Waals surface area contributed by atoms with Crippen molar-refractivity contribution in [1.29, 1.82) is 0 Å². The highest BCUT2D eigenvalue weighted by atomic mass is 16.5. The van der Waals surface area contributed by atoms with Gasteiger partial charge in [-0.25, -0.2) is 0 Å². The molecule has 2 amide bonds. The number of morpholine rings is 1. The van der Waals surface area contributed by atoms with Gasteiger partial charge in [-0.15, -0.1) is 0 Å². The highest BCUT2D eigenvalue weighted by molar-refractivity contribution is 6.40. The third-order valence-corrected chi connectivity index (χ3v) is 4.63. The van der Waals surface area contributed by atoms with Gasteiger partial charge in [0.1, 0.15) is 6.10 Å². The molecule has 3 aromatic rings. The summed E-state index contributed by atoms with van der Waals surface area (Å²) in [6.07, 6.45) is -0.511. The molecule has 8 nitrogen and oxygen atoms in total. The average Bonchev–Trinajstić information content (AvgIpc) is 3.13. The Kier molecular flexibility index (Phi) is 4.79. The number of hydrogen-bond donors (Lipinski definition) is 1. The Morgan fingerprint density at radius 1 is 1.21 bits per heavy atom. The Morgan fingerprint density at radius 3 is 2.82 bits per heavy atom. The van der Waals surface area contributed by atoms with E-state index in [9.17, 15) is 9.59 Å². The van der Waals surface area contributed by atoms with Gasteiger partial charge in [0.15, 0.2) is 0 Å². The second-order valence-electron chi connectivity index (χ2n) is 6.77. The van der Waals surface area contributed by atoms with Crippen LogP contribution in [0.2, 0.25) is 0 Å². The maximum absolute atomic E-state index is 12.7. The van der Waals surface area contributed by atoms with Gasteiger partial charge in [-0.05, 0) is 23.9 Å². The molecule has 1 saturated heterocycles. The second-order valence-corrected chi connectivity index (χ2v) is 6.77. The Labute approximate surface area is 161 Å². The van der Waals surface area contributed by atoms with Crippen molar-refractivity contribution in [3.63, 3.8) is 0 Å². The quantitative estimate of drug-likeness (QED) is 0.686. The van der Waals surface area contributed by atoms with E-state index in [2.05, 4.69) is 15.5 Å². The lowest BCUT2D eigenvalue weighted by Crippen LogP contribution is -2.47. The number of ether oxygens (including phenoxy) is 1. The van der Waals surface area contributed by atoms with E-state index < -0.39 is 17.9 Å². The number of nitrogens with zero attached hydrogens (tertiary/aromatic N) is 3. The number of nitrogens with one attached hydrogen (secondary N) is 1. The van der Waals surface area contributed by atoms with Gasteiger partial charge < -0.3 is 19.5 Å². The molecule has 1 unspecified atom stereocenters. The molecule has 1 N–H and O–H groups in total. The molecular formula is C20H20N4O4. The summed E-state index contributed by atoms with van der Waals surface area (Å²) in [6.45, 7) is 4.45. The van der Waals surface area contributed by atoms with Crippen molar-refractivity contribution in [2.24, 2.45) is 0 Å². The van der Waals surface area contributed by atoms with Crippen LogP contribution in [0.5, 0.6) is 0 Å². The molecule has 1 aliphatic heterocycles. The van der Waals surface area contributed by atoms with Gasteiger partial charge in [0.05, 0.1) is 13.2 Å². The van der Waals surface area contributed by atoms with Crippen molar-refractivity contribution >= 4 is 28.3 Å². The van der Waals surface area contributed by atoms with Gasteiger partial charge in [-0.2, -0.15) is 4.98 Å². The predicted molar refractivity (Wildman–Crippen MR) is 102 cm³/mol. The zero-order valence-electron chi connectivity index (χ0n) is 15.6. The van der Waals surface area contributed by atoms with E-state index in [1.807, 2.05) is 43.3 Å². The van der Waals surface area contributed by atoms with Gasteiger partial charge in [0.2, 0.25) is 11.7 Å². The normalized spacial score (nSPS) is 16.9. The summed E-state index contributed by atoms with van der Waals surface area (Å²) in [6, 6.07) is 11.6. The number of amides is 2. The summed E-state index contributed by atoms with van der Waals surface area (Å²) in [5.41, 5.74) is 1.62. The lowest BCUT2D eigenvalue weighted by Gasteiger charge is -2.30. The summed E-state index contributed by atoms with van der Waals surface area (Å²) in [5, 5.41) is 8.49. The molecule has 0 radical (unpaired) electrons. The fourth-order valence-electron chi connectivity index (χ4n) is 3.32. The number of carbonyl (C=O) groups is 2.